The fourth-order valence-electron chi connectivity index (χ4n) is 3.90. The summed E-state index contributed by atoms with van der Waals surface area (Å²) in [6.45, 7) is 9.64. The van der Waals surface area contributed by atoms with Crippen LogP contribution in [0.15, 0.2) is 0 Å². The quantitative estimate of drug-likeness (QED) is 0.791. The maximum atomic E-state index is 12.1. The van der Waals surface area contributed by atoms with Gasteiger partial charge in [-0.1, -0.05) is 6.42 Å². The molecule has 3 aliphatic rings. The molecular formula is C19H34N2O3. The molecule has 1 aliphatic carbocycles. The summed E-state index contributed by atoms with van der Waals surface area (Å²) in [5, 5.41) is 0. The van der Waals surface area contributed by atoms with Crippen LogP contribution in [-0.2, 0) is 9.47 Å². The molecule has 2 saturated heterocycles. The van der Waals surface area contributed by atoms with Gasteiger partial charge in [0, 0.05) is 32.2 Å². The van der Waals surface area contributed by atoms with E-state index >= 15 is 0 Å². The van der Waals surface area contributed by atoms with Crippen molar-refractivity contribution < 1.29 is 14.3 Å². The van der Waals surface area contributed by atoms with Crippen LogP contribution in [0.3, 0.4) is 0 Å². The largest absolute Gasteiger partial charge is 0.444 e. The first-order chi connectivity index (χ1) is 11.4. The van der Waals surface area contributed by atoms with E-state index in [4.69, 9.17) is 9.47 Å². The van der Waals surface area contributed by atoms with Crippen molar-refractivity contribution in [3.63, 3.8) is 0 Å². The summed E-state index contributed by atoms with van der Waals surface area (Å²) in [6.07, 6.45) is 8.95. The summed E-state index contributed by atoms with van der Waals surface area (Å²) in [4.78, 5) is 16.6. The second-order valence-electron chi connectivity index (χ2n) is 8.62. The molecule has 0 aromatic carbocycles. The van der Waals surface area contributed by atoms with E-state index in [-0.39, 0.29) is 6.09 Å². The molecule has 0 atom stereocenters. The molecular weight excluding hydrogens is 304 g/mol. The Labute approximate surface area is 146 Å². The Morgan fingerprint density at radius 2 is 1.42 bits per heavy atom. The molecule has 1 amide bonds. The molecule has 3 fully saturated rings. The second-order valence-corrected chi connectivity index (χ2v) is 8.62. The lowest BCUT2D eigenvalue weighted by Crippen LogP contribution is -2.48. The number of hydrogen-bond acceptors (Lipinski definition) is 4. The number of amides is 1. The number of ether oxygens (including phenoxy) is 2. The average Bonchev–Trinajstić information content (AvgIpc) is 2.46. The first-order valence-electron chi connectivity index (χ1n) is 9.78. The molecule has 3 rings (SSSR count). The van der Waals surface area contributed by atoms with Gasteiger partial charge in [-0.2, -0.15) is 0 Å². The van der Waals surface area contributed by atoms with Crippen LogP contribution in [0.4, 0.5) is 4.79 Å². The Hall–Kier alpha value is -0.810. The highest BCUT2D eigenvalue weighted by molar-refractivity contribution is 5.68. The maximum Gasteiger partial charge on any atom is 0.410 e. The van der Waals surface area contributed by atoms with E-state index in [1.165, 1.54) is 45.2 Å². The Morgan fingerprint density at radius 3 is 1.88 bits per heavy atom. The molecule has 0 unspecified atom stereocenters. The second kappa shape index (κ2) is 7.61. The number of nitrogens with zero attached hydrogens (tertiary/aromatic N) is 2. The summed E-state index contributed by atoms with van der Waals surface area (Å²) < 4.78 is 11.8. The smallest absolute Gasteiger partial charge is 0.410 e. The van der Waals surface area contributed by atoms with E-state index in [1.807, 2.05) is 25.7 Å². The highest BCUT2D eigenvalue weighted by Gasteiger charge is 2.32. The Morgan fingerprint density at radius 1 is 0.875 bits per heavy atom. The number of carbonyl (C=O) groups excluding carboxylic acids is 1. The number of piperidine rings is 2. The molecule has 0 N–H and O–H groups in total. The van der Waals surface area contributed by atoms with Gasteiger partial charge in [0.1, 0.15) is 5.60 Å². The number of hydrogen-bond donors (Lipinski definition) is 0. The summed E-state index contributed by atoms with van der Waals surface area (Å²) >= 11 is 0. The predicted octanol–water partition coefficient (Wildman–Crippen LogP) is 3.42. The minimum absolute atomic E-state index is 0.185. The summed E-state index contributed by atoms with van der Waals surface area (Å²) in [5.74, 6) is 0. The van der Waals surface area contributed by atoms with Crippen molar-refractivity contribution in [2.75, 3.05) is 26.2 Å². The van der Waals surface area contributed by atoms with E-state index in [0.29, 0.717) is 12.2 Å². The van der Waals surface area contributed by atoms with Gasteiger partial charge in [-0.15, -0.1) is 0 Å². The summed E-state index contributed by atoms with van der Waals surface area (Å²) in [5.41, 5.74) is -0.418. The minimum Gasteiger partial charge on any atom is -0.444 e. The molecule has 0 bridgehead atoms. The van der Waals surface area contributed by atoms with Gasteiger partial charge in [-0.25, -0.2) is 4.79 Å². The molecule has 2 aliphatic heterocycles. The summed E-state index contributed by atoms with van der Waals surface area (Å²) in [7, 11) is 0. The average molecular weight is 338 g/mol. The van der Waals surface area contributed by atoms with E-state index < -0.39 is 5.60 Å². The van der Waals surface area contributed by atoms with Crippen LogP contribution >= 0.6 is 0 Å². The topological polar surface area (TPSA) is 42.0 Å². The first kappa shape index (κ1) is 18.0. The fraction of sp³-hybridized carbons (Fsp3) is 0.947. The molecule has 1 saturated carbocycles. The zero-order valence-electron chi connectivity index (χ0n) is 15.6. The number of likely N-dealkylation sites (tertiary alicyclic amines) is 2. The monoisotopic (exact) mass is 338 g/mol. The SMILES string of the molecule is CC(C)(C)OC(=O)N1CCC(OC2CCN(C3CCC3)CC2)CC1. The zero-order valence-corrected chi connectivity index (χ0v) is 15.6. The zero-order chi connectivity index (χ0) is 17.2. The molecule has 0 aromatic heterocycles. The molecule has 0 radical (unpaired) electrons. The molecule has 0 aromatic rings. The third kappa shape index (κ3) is 4.85. The van der Waals surface area contributed by atoms with E-state index in [1.54, 1.807) is 0 Å². The maximum absolute atomic E-state index is 12.1. The van der Waals surface area contributed by atoms with Gasteiger partial charge in [0.05, 0.1) is 12.2 Å². The number of carbonyl (C=O) groups is 1. The van der Waals surface area contributed by atoms with Gasteiger partial charge in [-0.05, 0) is 59.3 Å². The van der Waals surface area contributed by atoms with E-state index in [9.17, 15) is 4.79 Å². The van der Waals surface area contributed by atoms with Crippen LogP contribution in [0.2, 0.25) is 0 Å². The van der Waals surface area contributed by atoms with Gasteiger partial charge >= 0.3 is 6.09 Å². The standard InChI is InChI=1S/C19H34N2O3/c1-19(2,3)24-18(22)21-13-9-17(10-14-21)23-16-7-11-20(12-8-16)15-5-4-6-15/h15-17H,4-14H2,1-3H3. The van der Waals surface area contributed by atoms with Gasteiger partial charge in [-0.3, -0.25) is 0 Å². The predicted molar refractivity (Wildman–Crippen MR) is 94.1 cm³/mol. The molecule has 24 heavy (non-hydrogen) atoms. The Bertz CT molecular complexity index is 415. The van der Waals surface area contributed by atoms with Gasteiger partial charge < -0.3 is 19.3 Å². The van der Waals surface area contributed by atoms with Crippen molar-refractivity contribution in [1.29, 1.82) is 0 Å². The van der Waals surface area contributed by atoms with Crippen LogP contribution in [0.25, 0.3) is 0 Å². The van der Waals surface area contributed by atoms with Crippen molar-refractivity contribution in [2.45, 2.75) is 89.6 Å². The van der Waals surface area contributed by atoms with Crippen LogP contribution in [0, 0.1) is 0 Å². The van der Waals surface area contributed by atoms with E-state index in [0.717, 1.165) is 32.0 Å². The van der Waals surface area contributed by atoms with Gasteiger partial charge in [0.2, 0.25) is 0 Å². The molecule has 2 heterocycles. The summed E-state index contributed by atoms with van der Waals surface area (Å²) in [6, 6.07) is 0.864. The molecule has 0 spiro atoms. The van der Waals surface area contributed by atoms with Gasteiger partial charge in [0.25, 0.3) is 0 Å². The minimum atomic E-state index is -0.418. The first-order valence-corrected chi connectivity index (χ1v) is 9.78. The van der Waals surface area contributed by atoms with Gasteiger partial charge in [0.15, 0.2) is 0 Å². The highest BCUT2D eigenvalue weighted by Crippen LogP contribution is 2.29. The van der Waals surface area contributed by atoms with Crippen LogP contribution in [0.5, 0.6) is 0 Å². The fourth-order valence-corrected chi connectivity index (χ4v) is 3.90. The van der Waals surface area contributed by atoms with E-state index in [2.05, 4.69) is 4.90 Å². The third-order valence-electron chi connectivity index (χ3n) is 5.55. The number of rotatable bonds is 3. The normalized spacial score (nSPS) is 25.5. The van der Waals surface area contributed by atoms with Crippen LogP contribution < -0.4 is 0 Å². The molecule has 5 heteroatoms. The molecule has 5 nitrogen and oxygen atoms in total. The molecule has 138 valence electrons. The van der Waals surface area contributed by atoms with Crippen LogP contribution in [0.1, 0.15) is 65.7 Å². The highest BCUT2D eigenvalue weighted by atomic mass is 16.6. The lowest BCUT2D eigenvalue weighted by Gasteiger charge is -2.42. The Kier molecular flexibility index (Phi) is 5.70. The van der Waals surface area contributed by atoms with Crippen LogP contribution in [-0.4, -0.2) is 65.9 Å². The van der Waals surface area contributed by atoms with Crippen molar-refractivity contribution in [3.8, 4) is 0 Å². The van der Waals surface area contributed by atoms with Crippen molar-refractivity contribution >= 4 is 6.09 Å². The Balaban J connectivity index is 1.34. The lowest BCUT2D eigenvalue weighted by molar-refractivity contribution is -0.0727. The third-order valence-corrected chi connectivity index (χ3v) is 5.55. The lowest BCUT2D eigenvalue weighted by atomic mass is 9.89. The van der Waals surface area contributed by atoms with Crippen molar-refractivity contribution in [2.24, 2.45) is 0 Å². The van der Waals surface area contributed by atoms with Crippen molar-refractivity contribution in [3.05, 3.63) is 0 Å². The van der Waals surface area contributed by atoms with Crippen molar-refractivity contribution in [1.82, 2.24) is 9.80 Å².